The van der Waals surface area contributed by atoms with Crippen molar-refractivity contribution in [3.63, 3.8) is 0 Å². The lowest BCUT2D eigenvalue weighted by Gasteiger charge is -1.93. The lowest BCUT2D eigenvalue weighted by molar-refractivity contribution is 0.111. The summed E-state index contributed by atoms with van der Waals surface area (Å²) in [6, 6.07) is 1.16. The monoisotopic (exact) mass is 251 g/mol. The molecular weight excluding hydrogens is 248 g/mol. The van der Waals surface area contributed by atoms with Crippen molar-refractivity contribution in [3.05, 3.63) is 27.3 Å². The maximum Gasteiger partial charge on any atom is 0.155 e. The predicted molar refractivity (Wildman–Crippen MR) is 42.3 cm³/mol. The van der Waals surface area contributed by atoms with Gasteiger partial charge in [0.1, 0.15) is 9.52 Å². The third kappa shape index (κ3) is 1.31. The number of hydrogen-bond acceptors (Lipinski definition) is 2. The minimum atomic E-state index is -0.519. The molecule has 52 valence electrons. The van der Waals surface area contributed by atoms with Crippen molar-refractivity contribution in [2.45, 2.75) is 0 Å². The van der Waals surface area contributed by atoms with E-state index >= 15 is 0 Å². The molecule has 2 nitrogen and oxygen atoms in total. The van der Waals surface area contributed by atoms with Crippen LogP contribution in [-0.2, 0) is 0 Å². The van der Waals surface area contributed by atoms with E-state index in [2.05, 4.69) is 4.98 Å². The Labute approximate surface area is 70.6 Å². The van der Waals surface area contributed by atoms with Crippen LogP contribution in [0.4, 0.5) is 4.39 Å². The van der Waals surface area contributed by atoms with Crippen LogP contribution in [0, 0.1) is 9.52 Å². The fourth-order valence-electron chi connectivity index (χ4n) is 0.531. The summed E-state index contributed by atoms with van der Waals surface area (Å²) in [5.41, 5.74) is 0.0306. The van der Waals surface area contributed by atoms with Gasteiger partial charge in [0.15, 0.2) is 6.29 Å². The van der Waals surface area contributed by atoms with Gasteiger partial charge >= 0.3 is 0 Å². The number of nitrogens with zero attached hydrogens (tertiary/aromatic N) is 1. The molecule has 4 heteroatoms. The van der Waals surface area contributed by atoms with E-state index in [0.717, 1.165) is 6.07 Å². The fourth-order valence-corrected chi connectivity index (χ4v) is 1.08. The number of pyridine rings is 1. The van der Waals surface area contributed by atoms with Gasteiger partial charge in [-0.15, -0.1) is 0 Å². The van der Waals surface area contributed by atoms with Crippen molar-refractivity contribution in [2.24, 2.45) is 0 Å². The van der Waals surface area contributed by atoms with Crippen LogP contribution in [0.25, 0.3) is 0 Å². The second-order valence-electron chi connectivity index (χ2n) is 1.62. The average molecular weight is 251 g/mol. The van der Waals surface area contributed by atoms with Gasteiger partial charge in [-0.2, -0.15) is 0 Å². The minimum Gasteiger partial charge on any atom is -0.298 e. The number of carbonyl (C=O) groups excluding carboxylic acids is 1. The van der Waals surface area contributed by atoms with Crippen LogP contribution in [0.1, 0.15) is 10.4 Å². The Morgan fingerprint density at radius 3 is 2.80 bits per heavy atom. The normalized spacial score (nSPS) is 9.40. The Bertz CT molecular complexity index is 244. The molecule has 0 bridgehead atoms. The molecule has 0 aromatic carbocycles. The molecule has 0 aliphatic carbocycles. The molecule has 10 heavy (non-hydrogen) atoms. The van der Waals surface area contributed by atoms with Crippen LogP contribution in [0.15, 0.2) is 12.3 Å². The van der Waals surface area contributed by atoms with Gasteiger partial charge in [0.25, 0.3) is 0 Å². The van der Waals surface area contributed by atoms with Crippen LogP contribution in [0.2, 0.25) is 0 Å². The molecule has 1 aromatic heterocycles. The van der Waals surface area contributed by atoms with Crippen molar-refractivity contribution in [1.82, 2.24) is 4.98 Å². The highest BCUT2D eigenvalue weighted by molar-refractivity contribution is 14.1. The number of rotatable bonds is 1. The van der Waals surface area contributed by atoms with Gasteiger partial charge in [0.2, 0.25) is 0 Å². The Morgan fingerprint density at radius 1 is 1.70 bits per heavy atom. The second-order valence-corrected chi connectivity index (χ2v) is 2.64. The zero-order valence-electron chi connectivity index (χ0n) is 4.84. The van der Waals surface area contributed by atoms with Crippen LogP contribution in [-0.4, -0.2) is 11.3 Å². The Kier molecular flexibility index (Phi) is 2.31. The van der Waals surface area contributed by atoms with Crippen molar-refractivity contribution >= 4 is 28.9 Å². The molecule has 0 aliphatic rings. The summed E-state index contributed by atoms with van der Waals surface area (Å²) in [6.45, 7) is 0. The van der Waals surface area contributed by atoms with E-state index in [1.807, 2.05) is 0 Å². The summed E-state index contributed by atoms with van der Waals surface area (Å²) in [5, 5.41) is 0. The highest BCUT2D eigenvalue weighted by Crippen LogP contribution is 2.09. The molecule has 1 heterocycles. The van der Waals surface area contributed by atoms with E-state index in [0.29, 0.717) is 9.99 Å². The van der Waals surface area contributed by atoms with E-state index < -0.39 is 5.82 Å². The summed E-state index contributed by atoms with van der Waals surface area (Å²) in [6.07, 6.45) is 1.79. The molecular formula is C6H3FINO. The maximum absolute atomic E-state index is 12.6. The number of carbonyl (C=O) groups is 1. The summed E-state index contributed by atoms with van der Waals surface area (Å²) in [4.78, 5) is 13.9. The molecule has 0 unspecified atom stereocenters. The number of aromatic nitrogens is 1. The maximum atomic E-state index is 12.6. The molecule has 0 saturated carbocycles. The SMILES string of the molecule is O=Cc1c(F)ccnc1I. The predicted octanol–water partition coefficient (Wildman–Crippen LogP) is 1.64. The topological polar surface area (TPSA) is 30.0 Å². The highest BCUT2D eigenvalue weighted by Gasteiger charge is 2.04. The number of hydrogen-bond donors (Lipinski definition) is 0. The first-order valence-corrected chi connectivity index (χ1v) is 3.58. The van der Waals surface area contributed by atoms with Gasteiger partial charge in [-0.25, -0.2) is 9.37 Å². The molecule has 0 atom stereocenters. The van der Waals surface area contributed by atoms with E-state index in [-0.39, 0.29) is 5.56 Å². The van der Waals surface area contributed by atoms with E-state index in [9.17, 15) is 9.18 Å². The standard InChI is InChI=1S/C6H3FINO/c7-5-1-2-9-6(8)4(5)3-10/h1-3H. The van der Waals surface area contributed by atoms with Gasteiger partial charge < -0.3 is 0 Å². The zero-order chi connectivity index (χ0) is 7.56. The fraction of sp³-hybridized carbons (Fsp3) is 0. The first-order chi connectivity index (χ1) is 4.75. The first kappa shape index (κ1) is 7.59. The first-order valence-electron chi connectivity index (χ1n) is 2.51. The van der Waals surface area contributed by atoms with Gasteiger partial charge in [0.05, 0.1) is 5.56 Å². The molecule has 1 rings (SSSR count). The quantitative estimate of drug-likeness (QED) is 0.431. The second kappa shape index (κ2) is 3.05. The molecule has 0 radical (unpaired) electrons. The smallest absolute Gasteiger partial charge is 0.155 e. The molecule has 0 fully saturated rings. The molecule has 0 N–H and O–H groups in total. The van der Waals surface area contributed by atoms with E-state index in [1.54, 1.807) is 22.6 Å². The summed E-state index contributed by atoms with van der Waals surface area (Å²) < 4.78 is 13.0. The molecule has 0 spiro atoms. The van der Waals surface area contributed by atoms with Crippen molar-refractivity contribution < 1.29 is 9.18 Å². The Morgan fingerprint density at radius 2 is 2.40 bits per heavy atom. The Hall–Kier alpha value is -0.520. The van der Waals surface area contributed by atoms with Crippen LogP contribution >= 0.6 is 22.6 Å². The van der Waals surface area contributed by atoms with E-state index in [1.165, 1.54) is 6.20 Å². The molecule has 0 aliphatic heterocycles. The third-order valence-corrected chi connectivity index (χ3v) is 1.87. The lowest BCUT2D eigenvalue weighted by atomic mass is 10.3. The van der Waals surface area contributed by atoms with Crippen LogP contribution in [0.3, 0.4) is 0 Å². The van der Waals surface area contributed by atoms with Crippen molar-refractivity contribution in [2.75, 3.05) is 0 Å². The highest BCUT2D eigenvalue weighted by atomic mass is 127. The van der Waals surface area contributed by atoms with Crippen LogP contribution in [0.5, 0.6) is 0 Å². The lowest BCUT2D eigenvalue weighted by Crippen LogP contribution is -1.93. The molecule has 1 aromatic rings. The number of aldehydes is 1. The zero-order valence-corrected chi connectivity index (χ0v) is 7.00. The van der Waals surface area contributed by atoms with Gasteiger partial charge in [0, 0.05) is 6.20 Å². The van der Waals surface area contributed by atoms with Gasteiger partial charge in [-0.05, 0) is 28.7 Å². The summed E-state index contributed by atoms with van der Waals surface area (Å²) in [5.74, 6) is -0.519. The largest absolute Gasteiger partial charge is 0.298 e. The van der Waals surface area contributed by atoms with Crippen LogP contribution < -0.4 is 0 Å². The molecule has 0 saturated heterocycles. The summed E-state index contributed by atoms with van der Waals surface area (Å²) in [7, 11) is 0. The van der Waals surface area contributed by atoms with E-state index in [4.69, 9.17) is 0 Å². The van der Waals surface area contributed by atoms with Crippen molar-refractivity contribution in [1.29, 1.82) is 0 Å². The Balaban J connectivity index is 3.30. The third-order valence-electron chi connectivity index (χ3n) is 1.01. The van der Waals surface area contributed by atoms with Gasteiger partial charge in [-0.1, -0.05) is 0 Å². The van der Waals surface area contributed by atoms with Gasteiger partial charge in [-0.3, -0.25) is 4.79 Å². The molecule has 0 amide bonds. The number of halogens is 2. The average Bonchev–Trinajstić information content (AvgIpc) is 1.88. The summed E-state index contributed by atoms with van der Waals surface area (Å²) >= 11 is 1.80. The minimum absolute atomic E-state index is 0.0306. The van der Waals surface area contributed by atoms with Crippen molar-refractivity contribution in [3.8, 4) is 0 Å².